The number of aromatic nitrogens is 2. The van der Waals surface area contributed by atoms with Gasteiger partial charge in [-0.2, -0.15) is 0 Å². The van der Waals surface area contributed by atoms with Crippen LogP contribution >= 0.6 is 0 Å². The van der Waals surface area contributed by atoms with Crippen molar-refractivity contribution in [3.8, 4) is 17.0 Å². The number of hydrogen-bond donors (Lipinski definition) is 0. The van der Waals surface area contributed by atoms with Gasteiger partial charge < -0.3 is 9.14 Å². The summed E-state index contributed by atoms with van der Waals surface area (Å²) in [5.74, 6) is -0.245. The lowest BCUT2D eigenvalue weighted by Gasteiger charge is -2.09. The van der Waals surface area contributed by atoms with Crippen LogP contribution in [0.4, 0.5) is 13.2 Å². The standard InChI is InChI=1S/C14H9F3N2O/c15-14(16,17)20-11-5-3-10(4-6-11)12-7-9-19-8-1-2-13(19)18-12/h1-9H. The average Bonchev–Trinajstić information content (AvgIpc) is 2.85. The van der Waals surface area contributed by atoms with Gasteiger partial charge in [0, 0.05) is 18.0 Å². The Morgan fingerprint density at radius 2 is 1.70 bits per heavy atom. The van der Waals surface area contributed by atoms with Crippen molar-refractivity contribution in [1.82, 2.24) is 9.38 Å². The molecule has 0 spiro atoms. The molecule has 0 radical (unpaired) electrons. The Balaban J connectivity index is 1.90. The number of ether oxygens (including phenoxy) is 1. The SMILES string of the molecule is FC(F)(F)Oc1ccc(-c2ccn3cccc3n2)cc1. The van der Waals surface area contributed by atoms with Crippen molar-refractivity contribution in [2.24, 2.45) is 0 Å². The normalized spacial score (nSPS) is 11.8. The van der Waals surface area contributed by atoms with Gasteiger partial charge >= 0.3 is 6.36 Å². The second kappa shape index (κ2) is 4.56. The highest BCUT2D eigenvalue weighted by atomic mass is 19.4. The molecule has 2 aromatic heterocycles. The minimum Gasteiger partial charge on any atom is -0.406 e. The summed E-state index contributed by atoms with van der Waals surface area (Å²) >= 11 is 0. The highest BCUT2D eigenvalue weighted by Crippen LogP contribution is 2.25. The van der Waals surface area contributed by atoms with E-state index < -0.39 is 6.36 Å². The summed E-state index contributed by atoms with van der Waals surface area (Å²) in [5.41, 5.74) is 2.19. The zero-order valence-electron chi connectivity index (χ0n) is 10.1. The molecule has 0 N–H and O–H groups in total. The maximum atomic E-state index is 12.1. The molecule has 2 heterocycles. The summed E-state index contributed by atoms with van der Waals surface area (Å²) in [7, 11) is 0. The number of rotatable bonds is 2. The lowest BCUT2D eigenvalue weighted by atomic mass is 10.1. The zero-order valence-corrected chi connectivity index (χ0v) is 10.1. The van der Waals surface area contributed by atoms with E-state index in [4.69, 9.17) is 0 Å². The molecule has 102 valence electrons. The first-order chi connectivity index (χ1) is 9.51. The molecule has 0 unspecified atom stereocenters. The Morgan fingerprint density at radius 1 is 0.950 bits per heavy atom. The van der Waals surface area contributed by atoms with Gasteiger partial charge in [0.05, 0.1) is 5.69 Å². The Bertz CT molecular complexity index is 732. The van der Waals surface area contributed by atoms with Crippen LogP contribution in [0.1, 0.15) is 0 Å². The van der Waals surface area contributed by atoms with E-state index in [0.717, 1.165) is 11.2 Å². The summed E-state index contributed by atoms with van der Waals surface area (Å²) < 4.78 is 41.9. The molecule has 0 amide bonds. The van der Waals surface area contributed by atoms with Gasteiger partial charge in [-0.1, -0.05) is 0 Å². The van der Waals surface area contributed by atoms with E-state index in [9.17, 15) is 13.2 Å². The van der Waals surface area contributed by atoms with Crippen molar-refractivity contribution in [3.05, 3.63) is 54.9 Å². The second-order valence-corrected chi connectivity index (χ2v) is 4.16. The largest absolute Gasteiger partial charge is 0.573 e. The van der Waals surface area contributed by atoms with E-state index in [2.05, 4.69) is 9.72 Å². The number of hydrogen-bond acceptors (Lipinski definition) is 2. The third kappa shape index (κ3) is 2.59. The predicted molar refractivity (Wildman–Crippen MR) is 67.3 cm³/mol. The molecule has 0 aliphatic heterocycles. The highest BCUT2D eigenvalue weighted by Gasteiger charge is 2.30. The van der Waals surface area contributed by atoms with Crippen molar-refractivity contribution < 1.29 is 17.9 Å². The van der Waals surface area contributed by atoms with Gasteiger partial charge in [-0.3, -0.25) is 0 Å². The van der Waals surface area contributed by atoms with Crippen LogP contribution in [0.3, 0.4) is 0 Å². The van der Waals surface area contributed by atoms with Gasteiger partial charge in [-0.15, -0.1) is 13.2 Å². The Hall–Kier alpha value is -2.50. The van der Waals surface area contributed by atoms with Gasteiger partial charge in [0.2, 0.25) is 0 Å². The molecular formula is C14H9F3N2O. The molecule has 1 aromatic carbocycles. The van der Waals surface area contributed by atoms with Crippen LogP contribution in [0, 0.1) is 0 Å². The lowest BCUT2D eigenvalue weighted by molar-refractivity contribution is -0.274. The van der Waals surface area contributed by atoms with Gasteiger partial charge in [-0.25, -0.2) is 4.98 Å². The molecule has 3 rings (SSSR count). The van der Waals surface area contributed by atoms with Crippen molar-refractivity contribution in [3.63, 3.8) is 0 Å². The van der Waals surface area contributed by atoms with Crippen molar-refractivity contribution >= 4 is 5.65 Å². The van der Waals surface area contributed by atoms with E-state index >= 15 is 0 Å². The molecule has 3 nitrogen and oxygen atoms in total. The van der Waals surface area contributed by atoms with Gasteiger partial charge in [0.1, 0.15) is 11.4 Å². The van der Waals surface area contributed by atoms with Crippen LogP contribution in [0.2, 0.25) is 0 Å². The van der Waals surface area contributed by atoms with Crippen LogP contribution in [-0.4, -0.2) is 15.7 Å². The fraction of sp³-hybridized carbons (Fsp3) is 0.0714. The smallest absolute Gasteiger partial charge is 0.406 e. The molecule has 20 heavy (non-hydrogen) atoms. The summed E-state index contributed by atoms with van der Waals surface area (Å²) in [5, 5.41) is 0. The number of fused-ring (bicyclic) bond motifs is 1. The van der Waals surface area contributed by atoms with E-state index in [1.807, 2.05) is 28.9 Å². The topological polar surface area (TPSA) is 26.5 Å². The lowest BCUT2D eigenvalue weighted by Crippen LogP contribution is -2.16. The first-order valence-electron chi connectivity index (χ1n) is 5.81. The summed E-state index contributed by atoms with van der Waals surface area (Å²) in [6.45, 7) is 0. The Kier molecular flexibility index (Phi) is 2.85. The van der Waals surface area contributed by atoms with E-state index in [0.29, 0.717) is 5.69 Å². The van der Waals surface area contributed by atoms with E-state index in [-0.39, 0.29) is 5.75 Å². The first-order valence-corrected chi connectivity index (χ1v) is 5.81. The summed E-state index contributed by atoms with van der Waals surface area (Å²) in [4.78, 5) is 4.41. The molecule has 0 saturated carbocycles. The molecular weight excluding hydrogens is 269 g/mol. The number of alkyl halides is 3. The number of benzene rings is 1. The number of nitrogens with zero attached hydrogens (tertiary/aromatic N) is 2. The highest BCUT2D eigenvalue weighted by molar-refractivity contribution is 5.62. The van der Waals surface area contributed by atoms with Crippen LogP contribution in [-0.2, 0) is 0 Å². The fourth-order valence-corrected chi connectivity index (χ4v) is 1.91. The Labute approximate surface area is 112 Å². The molecule has 0 aliphatic carbocycles. The van der Waals surface area contributed by atoms with Crippen molar-refractivity contribution in [2.45, 2.75) is 6.36 Å². The third-order valence-electron chi connectivity index (χ3n) is 2.77. The van der Waals surface area contributed by atoms with Gasteiger partial charge in [0.15, 0.2) is 0 Å². The van der Waals surface area contributed by atoms with Crippen molar-refractivity contribution in [2.75, 3.05) is 0 Å². The number of halogens is 3. The Morgan fingerprint density at radius 3 is 2.40 bits per heavy atom. The summed E-state index contributed by atoms with van der Waals surface area (Å²) in [6.07, 6.45) is -0.964. The van der Waals surface area contributed by atoms with Gasteiger partial charge in [-0.05, 0) is 42.5 Å². The molecule has 0 saturated heterocycles. The quantitative estimate of drug-likeness (QED) is 0.710. The average molecular weight is 278 g/mol. The first kappa shape index (κ1) is 12.5. The minimum absolute atomic E-state index is 0.245. The van der Waals surface area contributed by atoms with Crippen LogP contribution < -0.4 is 4.74 Å². The zero-order chi connectivity index (χ0) is 14.2. The van der Waals surface area contributed by atoms with Crippen LogP contribution in [0.5, 0.6) is 5.75 Å². The molecule has 0 atom stereocenters. The third-order valence-corrected chi connectivity index (χ3v) is 2.77. The molecule has 0 fully saturated rings. The molecule has 6 heteroatoms. The second-order valence-electron chi connectivity index (χ2n) is 4.16. The minimum atomic E-state index is -4.68. The maximum absolute atomic E-state index is 12.1. The van der Waals surface area contributed by atoms with E-state index in [1.54, 1.807) is 18.2 Å². The van der Waals surface area contributed by atoms with Crippen molar-refractivity contribution in [1.29, 1.82) is 0 Å². The summed E-state index contributed by atoms with van der Waals surface area (Å²) in [6, 6.07) is 11.1. The maximum Gasteiger partial charge on any atom is 0.573 e. The molecule has 0 aliphatic rings. The van der Waals surface area contributed by atoms with Crippen LogP contribution in [0.15, 0.2) is 54.9 Å². The predicted octanol–water partition coefficient (Wildman–Crippen LogP) is 3.90. The van der Waals surface area contributed by atoms with E-state index in [1.165, 1.54) is 12.1 Å². The molecule has 3 aromatic rings. The molecule has 0 bridgehead atoms. The van der Waals surface area contributed by atoms with Gasteiger partial charge in [0.25, 0.3) is 0 Å². The van der Waals surface area contributed by atoms with Crippen LogP contribution in [0.25, 0.3) is 16.9 Å². The fourth-order valence-electron chi connectivity index (χ4n) is 1.91. The monoisotopic (exact) mass is 278 g/mol.